The van der Waals surface area contributed by atoms with Gasteiger partial charge in [0.25, 0.3) is 0 Å². The lowest BCUT2D eigenvalue weighted by molar-refractivity contribution is -0.136. The molecule has 1 fully saturated rings. The molecule has 3 aromatic rings. The van der Waals surface area contributed by atoms with Gasteiger partial charge in [0, 0.05) is 30.6 Å². The molecule has 29 heavy (non-hydrogen) atoms. The SMILES string of the molecule is Cc1ccc(C#CCN2CCN(Cc3ccc4c(N)ncnc4c3)C(=O)C2)cc1. The zero-order chi connectivity index (χ0) is 20.2. The first-order valence-electron chi connectivity index (χ1n) is 9.63. The molecule has 2 heterocycles. The zero-order valence-corrected chi connectivity index (χ0v) is 16.4. The minimum atomic E-state index is 0.121. The van der Waals surface area contributed by atoms with Crippen molar-refractivity contribution >= 4 is 22.6 Å². The van der Waals surface area contributed by atoms with E-state index in [1.807, 2.05) is 35.2 Å². The monoisotopic (exact) mass is 385 g/mol. The van der Waals surface area contributed by atoms with Crippen molar-refractivity contribution in [2.45, 2.75) is 13.5 Å². The first kappa shape index (κ1) is 18.9. The molecule has 4 rings (SSSR count). The van der Waals surface area contributed by atoms with Crippen LogP contribution in [-0.4, -0.2) is 51.9 Å². The summed E-state index contributed by atoms with van der Waals surface area (Å²) in [6.07, 6.45) is 1.46. The average molecular weight is 385 g/mol. The molecule has 2 aromatic carbocycles. The molecule has 2 N–H and O–H groups in total. The summed E-state index contributed by atoms with van der Waals surface area (Å²) in [4.78, 5) is 24.8. The van der Waals surface area contributed by atoms with E-state index >= 15 is 0 Å². The van der Waals surface area contributed by atoms with Crippen LogP contribution in [0.4, 0.5) is 5.82 Å². The van der Waals surface area contributed by atoms with Crippen LogP contribution >= 0.6 is 0 Å². The predicted molar refractivity (Wildman–Crippen MR) is 114 cm³/mol. The quantitative estimate of drug-likeness (QED) is 0.700. The second kappa shape index (κ2) is 8.29. The van der Waals surface area contributed by atoms with Crippen molar-refractivity contribution in [3.8, 4) is 11.8 Å². The summed E-state index contributed by atoms with van der Waals surface area (Å²) < 4.78 is 0. The normalized spacial score (nSPS) is 14.7. The molecule has 146 valence electrons. The van der Waals surface area contributed by atoms with Gasteiger partial charge in [-0.2, -0.15) is 0 Å². The molecule has 6 heteroatoms. The highest BCUT2D eigenvalue weighted by Crippen LogP contribution is 2.19. The van der Waals surface area contributed by atoms with Gasteiger partial charge in [0.15, 0.2) is 0 Å². The zero-order valence-electron chi connectivity index (χ0n) is 16.4. The number of nitrogens with two attached hydrogens (primary N) is 1. The minimum absolute atomic E-state index is 0.121. The summed E-state index contributed by atoms with van der Waals surface area (Å²) in [7, 11) is 0. The molecule has 0 radical (unpaired) electrons. The Labute approximate surface area is 170 Å². The molecule has 1 aromatic heterocycles. The number of anilines is 1. The Balaban J connectivity index is 1.35. The number of aromatic nitrogens is 2. The van der Waals surface area contributed by atoms with Crippen molar-refractivity contribution in [1.29, 1.82) is 0 Å². The van der Waals surface area contributed by atoms with Crippen molar-refractivity contribution in [3.63, 3.8) is 0 Å². The lowest BCUT2D eigenvalue weighted by Gasteiger charge is -2.33. The molecule has 0 unspecified atom stereocenters. The standard InChI is InChI=1S/C23H23N5O/c1-17-4-6-18(7-5-17)3-2-10-27-11-12-28(22(29)15-27)14-19-8-9-20-21(13-19)25-16-26-23(20)24/h4-9,13,16H,10-12,14-15H2,1H3,(H2,24,25,26). The number of hydrogen-bond donors (Lipinski definition) is 1. The van der Waals surface area contributed by atoms with E-state index < -0.39 is 0 Å². The van der Waals surface area contributed by atoms with Gasteiger partial charge in [-0.25, -0.2) is 9.97 Å². The first-order valence-corrected chi connectivity index (χ1v) is 9.63. The highest BCUT2D eigenvalue weighted by atomic mass is 16.2. The molecule has 1 amide bonds. The van der Waals surface area contributed by atoms with Gasteiger partial charge in [-0.3, -0.25) is 9.69 Å². The number of amides is 1. The first-order chi connectivity index (χ1) is 14.1. The molecule has 0 spiro atoms. The molecular formula is C23H23N5O. The second-order valence-electron chi connectivity index (χ2n) is 7.30. The maximum Gasteiger partial charge on any atom is 0.237 e. The van der Waals surface area contributed by atoms with E-state index in [1.54, 1.807) is 0 Å². The van der Waals surface area contributed by atoms with Gasteiger partial charge in [-0.1, -0.05) is 35.6 Å². The van der Waals surface area contributed by atoms with Crippen LogP contribution in [0, 0.1) is 18.8 Å². The molecule has 1 aliphatic heterocycles. The lowest BCUT2D eigenvalue weighted by atomic mass is 10.1. The summed E-state index contributed by atoms with van der Waals surface area (Å²) in [5, 5.41) is 0.833. The van der Waals surface area contributed by atoms with Gasteiger partial charge in [0.1, 0.15) is 12.1 Å². The predicted octanol–water partition coefficient (Wildman–Crippen LogP) is 2.22. The van der Waals surface area contributed by atoms with Crippen molar-refractivity contribution in [2.24, 2.45) is 0 Å². The number of fused-ring (bicyclic) bond motifs is 1. The van der Waals surface area contributed by atoms with Crippen LogP contribution in [0.15, 0.2) is 48.8 Å². The smallest absolute Gasteiger partial charge is 0.237 e. The Morgan fingerprint density at radius 2 is 1.93 bits per heavy atom. The Kier molecular flexibility index (Phi) is 5.41. The molecule has 0 atom stereocenters. The number of rotatable bonds is 3. The van der Waals surface area contributed by atoms with E-state index in [0.717, 1.165) is 28.6 Å². The second-order valence-corrected chi connectivity index (χ2v) is 7.30. The maximum atomic E-state index is 12.6. The number of piperazine rings is 1. The van der Waals surface area contributed by atoms with Crippen LogP contribution in [0.5, 0.6) is 0 Å². The van der Waals surface area contributed by atoms with E-state index in [9.17, 15) is 4.79 Å². The Hall–Kier alpha value is -3.43. The fraction of sp³-hybridized carbons (Fsp3) is 0.261. The van der Waals surface area contributed by atoms with Gasteiger partial charge in [-0.15, -0.1) is 0 Å². The van der Waals surface area contributed by atoms with Crippen molar-refractivity contribution < 1.29 is 4.79 Å². The molecule has 0 saturated carbocycles. The molecular weight excluding hydrogens is 362 g/mol. The van der Waals surface area contributed by atoms with Crippen molar-refractivity contribution in [3.05, 3.63) is 65.5 Å². The third-order valence-electron chi connectivity index (χ3n) is 5.09. The van der Waals surface area contributed by atoms with E-state index in [-0.39, 0.29) is 5.91 Å². The Bertz CT molecular complexity index is 1100. The van der Waals surface area contributed by atoms with E-state index in [0.29, 0.717) is 32.0 Å². The molecule has 0 bridgehead atoms. The van der Waals surface area contributed by atoms with Crippen LogP contribution in [-0.2, 0) is 11.3 Å². The summed E-state index contributed by atoms with van der Waals surface area (Å²) >= 11 is 0. The number of carbonyl (C=O) groups is 1. The van der Waals surface area contributed by atoms with Crippen LogP contribution in [0.2, 0.25) is 0 Å². The van der Waals surface area contributed by atoms with Gasteiger partial charge in [0.2, 0.25) is 5.91 Å². The summed E-state index contributed by atoms with van der Waals surface area (Å²) in [6, 6.07) is 14.0. The van der Waals surface area contributed by atoms with E-state index in [1.165, 1.54) is 11.9 Å². The third-order valence-corrected chi connectivity index (χ3v) is 5.09. The molecule has 6 nitrogen and oxygen atoms in total. The summed E-state index contributed by atoms with van der Waals surface area (Å²) in [5.74, 6) is 6.94. The van der Waals surface area contributed by atoms with Crippen LogP contribution in [0.25, 0.3) is 10.9 Å². The number of benzene rings is 2. The molecule has 1 saturated heterocycles. The van der Waals surface area contributed by atoms with Crippen molar-refractivity contribution in [2.75, 3.05) is 31.9 Å². The Morgan fingerprint density at radius 3 is 2.72 bits per heavy atom. The van der Waals surface area contributed by atoms with Crippen molar-refractivity contribution in [1.82, 2.24) is 19.8 Å². The van der Waals surface area contributed by atoms with Crippen LogP contribution in [0.3, 0.4) is 0 Å². The van der Waals surface area contributed by atoms with Gasteiger partial charge in [0.05, 0.1) is 18.6 Å². The van der Waals surface area contributed by atoms with Gasteiger partial charge >= 0.3 is 0 Å². The largest absolute Gasteiger partial charge is 0.383 e. The number of carbonyl (C=O) groups excluding carboxylic acids is 1. The summed E-state index contributed by atoms with van der Waals surface area (Å²) in [5.41, 5.74) is 9.94. The lowest BCUT2D eigenvalue weighted by Crippen LogP contribution is -2.49. The number of nitrogens with zero attached hydrogens (tertiary/aromatic N) is 4. The van der Waals surface area contributed by atoms with E-state index in [2.05, 4.69) is 45.8 Å². The summed E-state index contributed by atoms with van der Waals surface area (Å²) in [6.45, 7) is 5.13. The highest BCUT2D eigenvalue weighted by Gasteiger charge is 2.23. The molecule has 0 aliphatic carbocycles. The number of nitrogen functional groups attached to an aromatic ring is 1. The fourth-order valence-corrected chi connectivity index (χ4v) is 3.39. The Morgan fingerprint density at radius 1 is 1.10 bits per heavy atom. The molecule has 1 aliphatic rings. The average Bonchev–Trinajstić information content (AvgIpc) is 2.72. The van der Waals surface area contributed by atoms with Crippen LogP contribution in [0.1, 0.15) is 16.7 Å². The number of hydrogen-bond acceptors (Lipinski definition) is 5. The fourth-order valence-electron chi connectivity index (χ4n) is 3.39. The topological polar surface area (TPSA) is 75.3 Å². The highest BCUT2D eigenvalue weighted by molar-refractivity contribution is 5.88. The minimum Gasteiger partial charge on any atom is -0.383 e. The maximum absolute atomic E-state index is 12.6. The van der Waals surface area contributed by atoms with Crippen LogP contribution < -0.4 is 5.73 Å². The van der Waals surface area contributed by atoms with Gasteiger partial charge < -0.3 is 10.6 Å². The number of aryl methyl sites for hydroxylation is 1. The van der Waals surface area contributed by atoms with E-state index in [4.69, 9.17) is 5.73 Å². The third kappa shape index (κ3) is 4.53. The van der Waals surface area contributed by atoms with Gasteiger partial charge in [-0.05, 0) is 36.8 Å².